The molecule has 0 aromatic heterocycles. The quantitative estimate of drug-likeness (QED) is 0.891. The number of para-hydroxylation sites is 1. The van der Waals surface area contributed by atoms with Crippen LogP contribution in [0.25, 0.3) is 0 Å². The number of hydrogen-bond donors (Lipinski definition) is 1. The lowest BCUT2D eigenvalue weighted by atomic mass is 10.2. The Morgan fingerprint density at radius 2 is 1.70 bits per heavy atom. The van der Waals surface area contributed by atoms with Crippen LogP contribution in [0.4, 0.5) is 0 Å². The van der Waals surface area contributed by atoms with E-state index in [4.69, 9.17) is 4.74 Å². The van der Waals surface area contributed by atoms with Crippen molar-refractivity contribution in [3.8, 4) is 5.75 Å². The summed E-state index contributed by atoms with van der Waals surface area (Å²) in [5.41, 5.74) is 0.128. The van der Waals surface area contributed by atoms with Crippen LogP contribution in [0.2, 0.25) is 0 Å². The number of carbonyl (C=O) groups is 1. The standard InChI is InChI=1S/C16H15NO5S/c18-12(11-22-13-6-2-1-3-7-13)10-17-16(19)14-8-4-5-9-15(14)23(17,20)21/h1-9,12,18H,10-11H2/t12-/m0/s1. The van der Waals surface area contributed by atoms with Gasteiger partial charge in [-0.15, -0.1) is 0 Å². The Morgan fingerprint density at radius 1 is 1.04 bits per heavy atom. The summed E-state index contributed by atoms with van der Waals surface area (Å²) in [5.74, 6) is -0.0650. The third kappa shape index (κ3) is 2.93. The lowest BCUT2D eigenvalue weighted by Gasteiger charge is -2.19. The number of rotatable bonds is 5. The van der Waals surface area contributed by atoms with Gasteiger partial charge in [-0.25, -0.2) is 12.7 Å². The molecule has 6 nitrogen and oxygen atoms in total. The van der Waals surface area contributed by atoms with Gasteiger partial charge in [0.2, 0.25) is 0 Å². The topological polar surface area (TPSA) is 83.9 Å². The van der Waals surface area contributed by atoms with Gasteiger partial charge in [-0.3, -0.25) is 4.79 Å². The molecule has 1 N–H and O–H groups in total. The van der Waals surface area contributed by atoms with Crippen molar-refractivity contribution in [1.82, 2.24) is 4.31 Å². The van der Waals surface area contributed by atoms with Crippen molar-refractivity contribution < 1.29 is 23.1 Å². The summed E-state index contributed by atoms with van der Waals surface area (Å²) in [6, 6.07) is 14.8. The van der Waals surface area contributed by atoms with E-state index in [9.17, 15) is 18.3 Å². The fourth-order valence-electron chi connectivity index (χ4n) is 2.36. The maximum Gasteiger partial charge on any atom is 0.269 e. The second-order valence-electron chi connectivity index (χ2n) is 5.12. The molecule has 3 rings (SSSR count). The van der Waals surface area contributed by atoms with E-state index in [1.165, 1.54) is 12.1 Å². The van der Waals surface area contributed by atoms with Crippen LogP contribution in [0.15, 0.2) is 59.5 Å². The lowest BCUT2D eigenvalue weighted by Crippen LogP contribution is -2.39. The van der Waals surface area contributed by atoms with E-state index in [1.54, 1.807) is 36.4 Å². The second kappa shape index (κ2) is 6.02. The molecule has 0 spiro atoms. The van der Waals surface area contributed by atoms with Crippen LogP contribution in [0.3, 0.4) is 0 Å². The Balaban J connectivity index is 1.70. The Labute approximate surface area is 134 Å². The van der Waals surface area contributed by atoms with Gasteiger partial charge in [0, 0.05) is 0 Å². The molecule has 0 unspecified atom stereocenters. The average molecular weight is 333 g/mol. The Bertz CT molecular complexity index is 819. The zero-order valence-corrected chi connectivity index (χ0v) is 12.9. The monoisotopic (exact) mass is 333 g/mol. The molecule has 1 aliphatic heterocycles. The van der Waals surface area contributed by atoms with Crippen molar-refractivity contribution in [3.63, 3.8) is 0 Å². The molecule has 7 heteroatoms. The normalized spacial score (nSPS) is 16.9. The van der Waals surface area contributed by atoms with Crippen molar-refractivity contribution >= 4 is 15.9 Å². The number of β-amino-alcohol motifs (C(OH)–C–C–N with tert-alkyl or cyclic N) is 1. The number of sulfonamides is 1. The Kier molecular flexibility index (Phi) is 4.06. The first-order valence-electron chi connectivity index (χ1n) is 7.02. The second-order valence-corrected chi connectivity index (χ2v) is 6.95. The summed E-state index contributed by atoms with van der Waals surface area (Å²) in [4.78, 5) is 12.2. The van der Waals surface area contributed by atoms with E-state index in [1.807, 2.05) is 6.07 Å². The van der Waals surface area contributed by atoms with Crippen LogP contribution in [0.1, 0.15) is 10.4 Å². The van der Waals surface area contributed by atoms with E-state index in [2.05, 4.69) is 0 Å². The zero-order chi connectivity index (χ0) is 16.4. The number of amides is 1. The predicted molar refractivity (Wildman–Crippen MR) is 82.6 cm³/mol. The van der Waals surface area contributed by atoms with Gasteiger partial charge in [0.1, 0.15) is 23.4 Å². The summed E-state index contributed by atoms with van der Waals surface area (Å²) in [6.07, 6.45) is -1.12. The molecule has 0 fully saturated rings. The molecule has 2 aromatic rings. The molecule has 23 heavy (non-hydrogen) atoms. The molecule has 120 valence electrons. The Hall–Kier alpha value is -2.38. The minimum Gasteiger partial charge on any atom is -0.491 e. The number of benzene rings is 2. The molecule has 1 amide bonds. The molecule has 0 saturated carbocycles. The highest BCUT2D eigenvalue weighted by Crippen LogP contribution is 2.29. The smallest absolute Gasteiger partial charge is 0.269 e. The van der Waals surface area contributed by atoms with Crippen molar-refractivity contribution in [2.24, 2.45) is 0 Å². The molecule has 0 bridgehead atoms. The largest absolute Gasteiger partial charge is 0.491 e. The number of ether oxygens (including phenoxy) is 1. The molecular weight excluding hydrogens is 318 g/mol. The van der Waals surface area contributed by atoms with Gasteiger partial charge in [-0.1, -0.05) is 30.3 Å². The first kappa shape index (κ1) is 15.5. The maximum atomic E-state index is 12.4. The van der Waals surface area contributed by atoms with Gasteiger partial charge in [-0.05, 0) is 24.3 Å². The SMILES string of the molecule is O=C1c2ccccc2S(=O)(=O)N1C[C@H](O)COc1ccccc1. The highest BCUT2D eigenvalue weighted by Gasteiger charge is 2.41. The maximum absolute atomic E-state index is 12.4. The van der Waals surface area contributed by atoms with Crippen molar-refractivity contribution in [2.75, 3.05) is 13.2 Å². The summed E-state index contributed by atoms with van der Waals surface area (Å²) in [7, 11) is -3.91. The molecule has 1 aliphatic rings. The number of carbonyl (C=O) groups excluding carboxylic acids is 1. The molecule has 0 aliphatic carbocycles. The van der Waals surface area contributed by atoms with Crippen LogP contribution in [-0.4, -0.2) is 43.0 Å². The highest BCUT2D eigenvalue weighted by molar-refractivity contribution is 7.90. The predicted octanol–water partition coefficient (Wildman–Crippen LogP) is 1.27. The third-order valence-electron chi connectivity index (χ3n) is 3.47. The molecule has 0 saturated heterocycles. The summed E-state index contributed by atoms with van der Waals surface area (Å²) >= 11 is 0. The third-order valence-corrected chi connectivity index (χ3v) is 5.28. The summed E-state index contributed by atoms with van der Waals surface area (Å²) in [5, 5.41) is 10.0. The van der Waals surface area contributed by atoms with Crippen LogP contribution < -0.4 is 4.74 Å². The number of fused-ring (bicyclic) bond motifs is 1. The highest BCUT2D eigenvalue weighted by atomic mass is 32.2. The first-order valence-corrected chi connectivity index (χ1v) is 8.46. The number of aliphatic hydroxyl groups is 1. The van der Waals surface area contributed by atoms with Gasteiger partial charge < -0.3 is 9.84 Å². The fourth-order valence-corrected chi connectivity index (χ4v) is 3.97. The molecule has 2 aromatic carbocycles. The average Bonchev–Trinajstić information content (AvgIpc) is 2.75. The van der Waals surface area contributed by atoms with Crippen LogP contribution in [0.5, 0.6) is 5.75 Å². The van der Waals surface area contributed by atoms with E-state index in [0.29, 0.717) is 10.1 Å². The lowest BCUT2D eigenvalue weighted by molar-refractivity contribution is 0.0687. The molecule has 1 heterocycles. The number of nitrogens with zero attached hydrogens (tertiary/aromatic N) is 1. The Morgan fingerprint density at radius 3 is 2.39 bits per heavy atom. The van der Waals surface area contributed by atoms with Gasteiger partial charge in [0.05, 0.1) is 12.1 Å². The molecule has 1 atom stereocenters. The van der Waals surface area contributed by atoms with E-state index in [-0.39, 0.29) is 23.6 Å². The van der Waals surface area contributed by atoms with Gasteiger partial charge in [0.15, 0.2) is 0 Å². The van der Waals surface area contributed by atoms with Gasteiger partial charge in [0.25, 0.3) is 15.9 Å². The minimum atomic E-state index is -3.91. The van der Waals surface area contributed by atoms with Crippen molar-refractivity contribution in [2.45, 2.75) is 11.0 Å². The van der Waals surface area contributed by atoms with E-state index < -0.39 is 22.0 Å². The zero-order valence-electron chi connectivity index (χ0n) is 12.1. The van der Waals surface area contributed by atoms with E-state index in [0.717, 1.165) is 0 Å². The van der Waals surface area contributed by atoms with Crippen molar-refractivity contribution in [1.29, 1.82) is 0 Å². The van der Waals surface area contributed by atoms with Crippen LogP contribution >= 0.6 is 0 Å². The van der Waals surface area contributed by atoms with Gasteiger partial charge >= 0.3 is 0 Å². The number of aliphatic hydroxyl groups excluding tert-OH is 1. The van der Waals surface area contributed by atoms with Crippen molar-refractivity contribution in [3.05, 3.63) is 60.2 Å². The summed E-state index contributed by atoms with van der Waals surface area (Å²) < 4.78 is 30.8. The molecular formula is C16H15NO5S. The first-order chi connectivity index (χ1) is 11.0. The molecule has 0 radical (unpaired) electrons. The van der Waals surface area contributed by atoms with E-state index >= 15 is 0 Å². The fraction of sp³-hybridized carbons (Fsp3) is 0.188. The van der Waals surface area contributed by atoms with Crippen LogP contribution in [0, 0.1) is 0 Å². The van der Waals surface area contributed by atoms with Gasteiger partial charge in [-0.2, -0.15) is 0 Å². The van der Waals surface area contributed by atoms with Crippen LogP contribution in [-0.2, 0) is 10.0 Å². The number of hydrogen-bond acceptors (Lipinski definition) is 5. The summed E-state index contributed by atoms with van der Waals surface area (Å²) in [6.45, 7) is -0.456. The minimum absolute atomic E-state index is 0.0267.